The zero-order valence-corrected chi connectivity index (χ0v) is 12.3. The second-order valence-electron chi connectivity index (χ2n) is 4.51. The first-order chi connectivity index (χ1) is 8.69. The molecule has 0 radical (unpaired) electrons. The van der Waals surface area contributed by atoms with E-state index in [1.807, 2.05) is 30.0 Å². The smallest absolute Gasteiger partial charge is 0.144 e. The molecule has 1 rings (SSSR count). The Hall–Kier alpha value is -1.03. The second kappa shape index (κ2) is 8.14. The van der Waals surface area contributed by atoms with Gasteiger partial charge in [-0.05, 0) is 36.5 Å². The lowest BCUT2D eigenvalue weighted by molar-refractivity contribution is 0.319. The highest BCUT2D eigenvalue weighted by Crippen LogP contribution is 2.29. The van der Waals surface area contributed by atoms with Crippen LogP contribution in [0.1, 0.15) is 20.3 Å². The highest BCUT2D eigenvalue weighted by atomic mass is 32.2. The molecule has 0 aromatic heterocycles. The summed E-state index contributed by atoms with van der Waals surface area (Å²) in [4.78, 5) is 0. The van der Waals surface area contributed by atoms with Crippen LogP contribution in [-0.4, -0.2) is 25.2 Å². The summed E-state index contributed by atoms with van der Waals surface area (Å²) in [6.07, 6.45) is 3.12. The molecule has 0 aliphatic rings. The number of hydrogen-bond donors (Lipinski definition) is 2. The lowest BCUT2D eigenvalue weighted by atomic mass is 10.2. The third kappa shape index (κ3) is 4.69. The number of nitrogens with one attached hydrogen (secondary N) is 1. The number of rotatable bonds is 8. The molecule has 3 nitrogen and oxygen atoms in total. The van der Waals surface area contributed by atoms with Crippen LogP contribution in [0.3, 0.4) is 0 Å². The molecule has 4 heteroatoms. The zero-order valence-electron chi connectivity index (χ0n) is 11.5. The molecule has 0 aliphatic heterocycles. The molecule has 1 aromatic carbocycles. The van der Waals surface area contributed by atoms with E-state index >= 15 is 0 Å². The van der Waals surface area contributed by atoms with Crippen LogP contribution in [0, 0.1) is 5.92 Å². The van der Waals surface area contributed by atoms with E-state index in [2.05, 4.69) is 25.4 Å². The molecule has 0 amide bonds. The Labute approximate surface area is 114 Å². The van der Waals surface area contributed by atoms with Crippen LogP contribution in [0.15, 0.2) is 18.2 Å². The minimum atomic E-state index is 0.625. The topological polar surface area (TPSA) is 47.3 Å². The predicted molar refractivity (Wildman–Crippen MR) is 82.7 cm³/mol. The van der Waals surface area contributed by atoms with Gasteiger partial charge >= 0.3 is 0 Å². The lowest BCUT2D eigenvalue weighted by Crippen LogP contribution is -2.14. The predicted octanol–water partition coefficient (Wildman–Crippen LogP) is 3.47. The standard InChI is InChI=1S/C14H24N2OS/c1-4-8-17-13-7-5-6-12(14(13)15)16-9-11(2)10-18-3/h5-7,11,16H,4,8-10,15H2,1-3H3. The Morgan fingerprint density at radius 2 is 2.22 bits per heavy atom. The molecule has 1 atom stereocenters. The Morgan fingerprint density at radius 1 is 1.44 bits per heavy atom. The van der Waals surface area contributed by atoms with Crippen molar-refractivity contribution < 1.29 is 4.74 Å². The molecule has 1 aromatic rings. The molecule has 3 N–H and O–H groups in total. The van der Waals surface area contributed by atoms with Crippen molar-refractivity contribution in [3.63, 3.8) is 0 Å². The van der Waals surface area contributed by atoms with Crippen molar-refractivity contribution in [3.8, 4) is 5.75 Å². The van der Waals surface area contributed by atoms with E-state index in [-0.39, 0.29) is 0 Å². The molecule has 0 spiro atoms. The van der Waals surface area contributed by atoms with Crippen LogP contribution >= 0.6 is 11.8 Å². The van der Waals surface area contributed by atoms with Crippen molar-refractivity contribution in [3.05, 3.63) is 18.2 Å². The van der Waals surface area contributed by atoms with Crippen molar-refractivity contribution in [1.29, 1.82) is 0 Å². The van der Waals surface area contributed by atoms with Crippen molar-refractivity contribution in [2.75, 3.05) is 36.2 Å². The van der Waals surface area contributed by atoms with E-state index in [1.54, 1.807) is 0 Å². The third-order valence-electron chi connectivity index (χ3n) is 2.62. The molecule has 1 unspecified atom stereocenters. The van der Waals surface area contributed by atoms with E-state index in [1.165, 1.54) is 0 Å². The summed E-state index contributed by atoms with van der Waals surface area (Å²) in [5, 5.41) is 3.40. The first kappa shape index (κ1) is 15.0. The molecule has 0 fully saturated rings. The van der Waals surface area contributed by atoms with E-state index in [0.29, 0.717) is 18.2 Å². The van der Waals surface area contributed by atoms with E-state index in [9.17, 15) is 0 Å². The number of hydrogen-bond acceptors (Lipinski definition) is 4. The van der Waals surface area contributed by atoms with Crippen molar-refractivity contribution in [1.82, 2.24) is 0 Å². The lowest BCUT2D eigenvalue weighted by Gasteiger charge is -2.16. The van der Waals surface area contributed by atoms with E-state index in [0.717, 1.165) is 30.2 Å². The van der Waals surface area contributed by atoms with Crippen LogP contribution in [0.5, 0.6) is 5.75 Å². The average molecular weight is 268 g/mol. The number of thioether (sulfide) groups is 1. The maximum Gasteiger partial charge on any atom is 0.144 e. The summed E-state index contributed by atoms with van der Waals surface area (Å²) in [7, 11) is 0. The fraction of sp³-hybridized carbons (Fsp3) is 0.571. The molecule has 0 bridgehead atoms. The summed E-state index contributed by atoms with van der Waals surface area (Å²) in [6, 6.07) is 5.89. The molecule has 0 aliphatic carbocycles. The summed E-state index contributed by atoms with van der Waals surface area (Å²) in [5.74, 6) is 2.55. The van der Waals surface area contributed by atoms with Gasteiger partial charge in [0.1, 0.15) is 5.75 Å². The van der Waals surface area contributed by atoms with Gasteiger partial charge in [0, 0.05) is 6.54 Å². The first-order valence-corrected chi connectivity index (χ1v) is 7.82. The molecule has 0 heterocycles. The Kier molecular flexibility index (Phi) is 6.80. The highest BCUT2D eigenvalue weighted by molar-refractivity contribution is 7.98. The monoisotopic (exact) mass is 268 g/mol. The number of nitrogen functional groups attached to an aromatic ring is 1. The number of nitrogens with two attached hydrogens (primary N) is 1. The Balaban J connectivity index is 2.60. The Morgan fingerprint density at radius 3 is 2.89 bits per heavy atom. The maximum absolute atomic E-state index is 6.09. The van der Waals surface area contributed by atoms with Crippen LogP contribution in [0.2, 0.25) is 0 Å². The summed E-state index contributed by atoms with van der Waals surface area (Å²) in [5.41, 5.74) is 7.77. The quantitative estimate of drug-likeness (QED) is 0.709. The van der Waals surface area contributed by atoms with Gasteiger partial charge in [0.25, 0.3) is 0 Å². The van der Waals surface area contributed by atoms with Crippen LogP contribution in [0.4, 0.5) is 11.4 Å². The summed E-state index contributed by atoms with van der Waals surface area (Å²) in [6.45, 7) is 5.96. The van der Waals surface area contributed by atoms with Crippen molar-refractivity contribution in [2.24, 2.45) is 5.92 Å². The van der Waals surface area contributed by atoms with Gasteiger partial charge < -0.3 is 15.8 Å². The SMILES string of the molecule is CCCOc1cccc(NCC(C)CSC)c1N. The first-order valence-electron chi connectivity index (χ1n) is 6.43. The molecule has 102 valence electrons. The average Bonchev–Trinajstić information content (AvgIpc) is 2.36. The van der Waals surface area contributed by atoms with Crippen molar-refractivity contribution >= 4 is 23.1 Å². The molecule has 0 saturated heterocycles. The van der Waals surface area contributed by atoms with Gasteiger partial charge in [-0.15, -0.1) is 0 Å². The van der Waals surface area contributed by atoms with Crippen LogP contribution in [0.25, 0.3) is 0 Å². The molecule has 18 heavy (non-hydrogen) atoms. The normalized spacial score (nSPS) is 12.2. The van der Waals surface area contributed by atoms with E-state index < -0.39 is 0 Å². The number of anilines is 2. The van der Waals surface area contributed by atoms with Crippen LogP contribution < -0.4 is 15.8 Å². The largest absolute Gasteiger partial charge is 0.491 e. The Bertz CT molecular complexity index is 358. The van der Waals surface area contributed by atoms with Gasteiger partial charge in [-0.25, -0.2) is 0 Å². The number of benzene rings is 1. The minimum absolute atomic E-state index is 0.625. The molecule has 0 saturated carbocycles. The van der Waals surface area contributed by atoms with Gasteiger partial charge in [-0.3, -0.25) is 0 Å². The molecular formula is C14H24N2OS. The fourth-order valence-corrected chi connectivity index (χ4v) is 2.35. The third-order valence-corrected chi connectivity index (χ3v) is 3.52. The molecular weight excluding hydrogens is 244 g/mol. The zero-order chi connectivity index (χ0) is 13.4. The second-order valence-corrected chi connectivity index (χ2v) is 5.42. The minimum Gasteiger partial charge on any atom is -0.491 e. The number of para-hydroxylation sites is 1. The maximum atomic E-state index is 6.09. The van der Waals surface area contributed by atoms with Crippen molar-refractivity contribution in [2.45, 2.75) is 20.3 Å². The fourth-order valence-electron chi connectivity index (χ4n) is 1.66. The van der Waals surface area contributed by atoms with Gasteiger partial charge in [-0.2, -0.15) is 11.8 Å². The van der Waals surface area contributed by atoms with Gasteiger partial charge in [0.15, 0.2) is 0 Å². The van der Waals surface area contributed by atoms with Crippen LogP contribution in [-0.2, 0) is 0 Å². The highest BCUT2D eigenvalue weighted by Gasteiger charge is 2.07. The van der Waals surface area contributed by atoms with Gasteiger partial charge in [0.2, 0.25) is 0 Å². The van der Waals surface area contributed by atoms with Gasteiger partial charge in [-0.1, -0.05) is 19.9 Å². The summed E-state index contributed by atoms with van der Waals surface area (Å²) >= 11 is 1.87. The van der Waals surface area contributed by atoms with Gasteiger partial charge in [0.05, 0.1) is 18.0 Å². The number of ether oxygens (including phenoxy) is 1. The summed E-state index contributed by atoms with van der Waals surface area (Å²) < 4.78 is 5.61. The van der Waals surface area contributed by atoms with E-state index in [4.69, 9.17) is 10.5 Å².